The number of hydrogen-bond donors (Lipinski definition) is 2. The van der Waals surface area contributed by atoms with E-state index >= 15 is 0 Å². The highest BCUT2D eigenvalue weighted by Crippen LogP contribution is 2.07. The van der Waals surface area contributed by atoms with Crippen LogP contribution in [0.2, 0.25) is 0 Å². The van der Waals surface area contributed by atoms with Gasteiger partial charge in [-0.05, 0) is 18.2 Å². The maximum atomic E-state index is 13.5. The Hall–Kier alpha value is -3.29. The van der Waals surface area contributed by atoms with Crippen molar-refractivity contribution in [2.75, 3.05) is 18.4 Å². The lowest BCUT2D eigenvalue weighted by Crippen LogP contribution is -2.29. The Bertz CT molecular complexity index is 821. The molecule has 0 bridgehead atoms. The molecule has 0 unspecified atom stereocenters. The molecule has 122 valence electrons. The van der Waals surface area contributed by atoms with Gasteiger partial charge >= 0.3 is 0 Å². The van der Waals surface area contributed by atoms with Crippen molar-refractivity contribution >= 4 is 11.7 Å². The van der Waals surface area contributed by atoms with E-state index in [2.05, 4.69) is 25.7 Å². The molecular weight excluding hydrogens is 311 g/mol. The minimum atomic E-state index is -0.539. The smallest absolute Gasteiger partial charge is 0.254 e. The van der Waals surface area contributed by atoms with E-state index in [1.807, 2.05) is 0 Å². The van der Waals surface area contributed by atoms with Gasteiger partial charge in [-0.2, -0.15) is 5.10 Å². The molecule has 3 rings (SSSR count). The molecule has 24 heavy (non-hydrogen) atoms. The highest BCUT2D eigenvalue weighted by Gasteiger charge is 2.09. The number of carbonyl (C=O) groups is 1. The molecule has 0 saturated carbocycles. The van der Waals surface area contributed by atoms with Crippen molar-refractivity contribution < 1.29 is 9.18 Å². The van der Waals surface area contributed by atoms with Crippen molar-refractivity contribution in [3.63, 3.8) is 0 Å². The first-order chi connectivity index (χ1) is 11.7. The molecule has 0 spiro atoms. The molecule has 2 heterocycles. The maximum absolute atomic E-state index is 13.5. The highest BCUT2D eigenvalue weighted by atomic mass is 19.1. The predicted molar refractivity (Wildman–Crippen MR) is 86.4 cm³/mol. The predicted octanol–water partition coefficient (Wildman–Crippen LogP) is 1.64. The van der Waals surface area contributed by atoms with Crippen molar-refractivity contribution in [1.82, 2.24) is 25.1 Å². The average Bonchev–Trinajstić information content (AvgIpc) is 3.14. The van der Waals surface area contributed by atoms with Crippen LogP contribution in [0.25, 0.3) is 5.82 Å². The second-order valence-corrected chi connectivity index (χ2v) is 4.87. The van der Waals surface area contributed by atoms with Crippen LogP contribution in [0.1, 0.15) is 10.4 Å². The molecule has 1 aromatic carbocycles. The van der Waals surface area contributed by atoms with Crippen LogP contribution in [0, 0.1) is 5.82 Å². The normalized spacial score (nSPS) is 10.4. The van der Waals surface area contributed by atoms with Crippen LogP contribution in [0.3, 0.4) is 0 Å². The van der Waals surface area contributed by atoms with Gasteiger partial charge in [-0.1, -0.05) is 12.1 Å². The number of halogens is 1. The number of rotatable bonds is 6. The van der Waals surface area contributed by atoms with Gasteiger partial charge in [0.25, 0.3) is 5.91 Å². The molecule has 8 heteroatoms. The summed E-state index contributed by atoms with van der Waals surface area (Å²) in [6.45, 7) is 0.768. The first kappa shape index (κ1) is 15.6. The fraction of sp³-hybridized carbons (Fsp3) is 0.125. The monoisotopic (exact) mass is 326 g/mol. The van der Waals surface area contributed by atoms with Crippen LogP contribution in [0.5, 0.6) is 0 Å². The first-order valence-electron chi connectivity index (χ1n) is 7.33. The molecule has 0 atom stereocenters. The number of nitrogens with one attached hydrogen (secondary N) is 2. The van der Waals surface area contributed by atoms with Crippen molar-refractivity contribution in [3.8, 4) is 5.82 Å². The number of carbonyl (C=O) groups excluding carboxylic acids is 1. The quantitative estimate of drug-likeness (QED) is 0.673. The number of anilines is 1. The van der Waals surface area contributed by atoms with Gasteiger partial charge in [-0.15, -0.1) is 0 Å². The van der Waals surface area contributed by atoms with Crippen molar-refractivity contribution in [2.45, 2.75) is 0 Å². The summed E-state index contributed by atoms with van der Waals surface area (Å²) in [7, 11) is 0. The Morgan fingerprint density at radius 3 is 2.83 bits per heavy atom. The summed E-state index contributed by atoms with van der Waals surface area (Å²) in [6.07, 6.45) is 4.87. The van der Waals surface area contributed by atoms with E-state index in [1.165, 1.54) is 18.5 Å². The zero-order chi connectivity index (χ0) is 16.8. The van der Waals surface area contributed by atoms with Crippen LogP contribution in [-0.4, -0.2) is 38.7 Å². The Kier molecular flexibility index (Phi) is 4.76. The van der Waals surface area contributed by atoms with E-state index < -0.39 is 11.7 Å². The van der Waals surface area contributed by atoms with Crippen molar-refractivity contribution in [2.24, 2.45) is 0 Å². The molecule has 7 nitrogen and oxygen atoms in total. The molecule has 0 aliphatic rings. The van der Waals surface area contributed by atoms with Crippen LogP contribution in [0.4, 0.5) is 10.2 Å². The molecule has 2 aromatic heterocycles. The number of aromatic nitrogens is 4. The minimum absolute atomic E-state index is 0.0282. The van der Waals surface area contributed by atoms with Crippen LogP contribution in [-0.2, 0) is 0 Å². The van der Waals surface area contributed by atoms with Crippen LogP contribution in [0.15, 0.2) is 55.1 Å². The minimum Gasteiger partial charge on any atom is -0.368 e. The summed E-state index contributed by atoms with van der Waals surface area (Å²) in [6, 6.07) is 9.40. The maximum Gasteiger partial charge on any atom is 0.254 e. The fourth-order valence-corrected chi connectivity index (χ4v) is 2.08. The first-order valence-corrected chi connectivity index (χ1v) is 7.33. The molecule has 0 aliphatic carbocycles. The standard InChI is InChI=1S/C16H15FN6O/c17-13-5-2-1-4-12(13)16(24)19-8-7-18-14-10-15(21-11-20-14)23-9-3-6-22-23/h1-6,9-11H,7-8H2,(H,19,24)(H,18,20,21). The van der Waals surface area contributed by atoms with E-state index in [9.17, 15) is 9.18 Å². The van der Waals surface area contributed by atoms with E-state index in [0.29, 0.717) is 24.7 Å². The molecule has 0 aliphatic heterocycles. The van der Waals surface area contributed by atoms with Crippen LogP contribution < -0.4 is 10.6 Å². The van der Waals surface area contributed by atoms with E-state index in [4.69, 9.17) is 0 Å². The number of nitrogens with zero attached hydrogens (tertiary/aromatic N) is 4. The van der Waals surface area contributed by atoms with Gasteiger partial charge in [0.05, 0.1) is 5.56 Å². The Morgan fingerprint density at radius 2 is 2.04 bits per heavy atom. The molecule has 3 aromatic rings. The summed E-state index contributed by atoms with van der Waals surface area (Å²) >= 11 is 0. The SMILES string of the molecule is O=C(NCCNc1cc(-n2cccn2)ncn1)c1ccccc1F. The fourth-order valence-electron chi connectivity index (χ4n) is 2.08. The summed E-state index contributed by atoms with van der Waals surface area (Å²) in [5.41, 5.74) is 0.0282. The summed E-state index contributed by atoms with van der Waals surface area (Å²) in [5.74, 6) is 0.251. The van der Waals surface area contributed by atoms with Gasteiger partial charge in [-0.3, -0.25) is 4.79 Å². The summed E-state index contributed by atoms with van der Waals surface area (Å²) < 4.78 is 15.1. The number of amides is 1. The van der Waals surface area contributed by atoms with Gasteiger partial charge in [0.2, 0.25) is 0 Å². The van der Waals surface area contributed by atoms with E-state index in [-0.39, 0.29) is 5.56 Å². The number of benzene rings is 1. The molecule has 2 N–H and O–H groups in total. The Labute approximate surface area is 137 Å². The lowest BCUT2D eigenvalue weighted by Gasteiger charge is -2.08. The zero-order valence-electron chi connectivity index (χ0n) is 12.7. The molecule has 0 saturated heterocycles. The van der Waals surface area contributed by atoms with Crippen LogP contribution >= 0.6 is 0 Å². The van der Waals surface area contributed by atoms with Gasteiger partial charge in [0.15, 0.2) is 5.82 Å². The van der Waals surface area contributed by atoms with Crippen molar-refractivity contribution in [1.29, 1.82) is 0 Å². The Balaban J connectivity index is 1.51. The van der Waals surface area contributed by atoms with Crippen molar-refractivity contribution in [3.05, 3.63) is 66.5 Å². The van der Waals surface area contributed by atoms with E-state index in [0.717, 1.165) is 0 Å². The molecule has 0 radical (unpaired) electrons. The van der Waals surface area contributed by atoms with Gasteiger partial charge in [0.1, 0.15) is 18.0 Å². The second kappa shape index (κ2) is 7.32. The largest absolute Gasteiger partial charge is 0.368 e. The second-order valence-electron chi connectivity index (χ2n) is 4.87. The zero-order valence-corrected chi connectivity index (χ0v) is 12.7. The lowest BCUT2D eigenvalue weighted by atomic mass is 10.2. The Morgan fingerprint density at radius 1 is 1.17 bits per heavy atom. The topological polar surface area (TPSA) is 84.7 Å². The number of hydrogen-bond acceptors (Lipinski definition) is 5. The van der Waals surface area contributed by atoms with Gasteiger partial charge < -0.3 is 10.6 Å². The molecular formula is C16H15FN6O. The highest BCUT2D eigenvalue weighted by molar-refractivity contribution is 5.94. The van der Waals surface area contributed by atoms with Gasteiger partial charge in [0, 0.05) is 31.5 Å². The third kappa shape index (κ3) is 3.72. The lowest BCUT2D eigenvalue weighted by molar-refractivity contribution is 0.0951. The average molecular weight is 326 g/mol. The molecule has 0 fully saturated rings. The summed E-state index contributed by atoms with van der Waals surface area (Å²) in [5, 5.41) is 9.81. The summed E-state index contributed by atoms with van der Waals surface area (Å²) in [4.78, 5) is 20.1. The van der Waals surface area contributed by atoms with E-state index in [1.54, 1.807) is 41.3 Å². The van der Waals surface area contributed by atoms with Gasteiger partial charge in [-0.25, -0.2) is 19.0 Å². The third-order valence-corrected chi connectivity index (χ3v) is 3.23. The molecule has 1 amide bonds. The third-order valence-electron chi connectivity index (χ3n) is 3.23.